The lowest BCUT2D eigenvalue weighted by molar-refractivity contribution is 0.318. The van der Waals surface area contributed by atoms with Crippen LogP contribution in [0, 0.1) is 6.92 Å². The number of methoxy groups -OCH3 is 1. The molecule has 3 aromatic rings. The summed E-state index contributed by atoms with van der Waals surface area (Å²) in [7, 11) is -1.80. The highest BCUT2D eigenvalue weighted by molar-refractivity contribution is 7.89. The summed E-state index contributed by atoms with van der Waals surface area (Å²) >= 11 is 1.56. The van der Waals surface area contributed by atoms with E-state index >= 15 is 0 Å². The number of aromatic nitrogens is 2. The molecule has 29 heavy (non-hydrogen) atoms. The summed E-state index contributed by atoms with van der Waals surface area (Å²) in [6.07, 6.45) is 1.48. The first-order valence-corrected chi connectivity index (χ1v) is 11.8. The van der Waals surface area contributed by atoms with E-state index in [0.29, 0.717) is 18.0 Å². The second-order valence-corrected chi connectivity index (χ2v) is 10.1. The molecular weight excluding hydrogens is 406 g/mol. The van der Waals surface area contributed by atoms with Gasteiger partial charge in [-0.15, -0.1) is 10.2 Å². The average molecular weight is 430 g/mol. The van der Waals surface area contributed by atoms with Gasteiger partial charge in [-0.1, -0.05) is 41.2 Å². The lowest BCUT2D eigenvalue weighted by Crippen LogP contribution is -2.37. The number of hydrogen-bond acceptors (Lipinski definition) is 6. The van der Waals surface area contributed by atoms with E-state index in [1.165, 1.54) is 0 Å². The highest BCUT2D eigenvalue weighted by Gasteiger charge is 2.31. The number of benzene rings is 2. The summed E-state index contributed by atoms with van der Waals surface area (Å²) in [6, 6.07) is 14.8. The fraction of sp³-hybridized carbons (Fsp3) is 0.333. The molecule has 0 atom stereocenters. The predicted molar refractivity (Wildman–Crippen MR) is 114 cm³/mol. The number of nitrogens with zero attached hydrogens (tertiary/aromatic N) is 3. The van der Waals surface area contributed by atoms with E-state index in [-0.39, 0.29) is 5.92 Å². The molecule has 1 saturated heterocycles. The topological polar surface area (TPSA) is 72.4 Å². The molecule has 1 aliphatic rings. The van der Waals surface area contributed by atoms with E-state index < -0.39 is 10.0 Å². The predicted octanol–water partition coefficient (Wildman–Crippen LogP) is 4.09. The second-order valence-electron chi connectivity index (χ2n) is 7.14. The van der Waals surface area contributed by atoms with Crippen molar-refractivity contribution in [2.75, 3.05) is 20.2 Å². The smallest absolute Gasteiger partial charge is 0.243 e. The molecule has 8 heteroatoms. The largest absolute Gasteiger partial charge is 0.496 e. The SMILES string of the molecule is COc1ccccc1-c1nnc(C2CCN(S(=O)(=O)c3ccc(C)cc3)CC2)s1. The van der Waals surface area contributed by atoms with E-state index in [1.807, 2.05) is 43.3 Å². The maximum absolute atomic E-state index is 12.9. The van der Waals surface area contributed by atoms with Gasteiger partial charge in [0.15, 0.2) is 5.01 Å². The van der Waals surface area contributed by atoms with Crippen molar-refractivity contribution in [1.29, 1.82) is 0 Å². The Kier molecular flexibility index (Phi) is 5.67. The van der Waals surface area contributed by atoms with Crippen LogP contribution in [-0.2, 0) is 10.0 Å². The minimum absolute atomic E-state index is 0.223. The van der Waals surface area contributed by atoms with Crippen LogP contribution in [0.1, 0.15) is 29.3 Å². The molecule has 152 valence electrons. The van der Waals surface area contributed by atoms with E-state index in [1.54, 1.807) is 34.9 Å². The summed E-state index contributed by atoms with van der Waals surface area (Å²) < 4.78 is 32.8. The molecule has 0 spiro atoms. The van der Waals surface area contributed by atoms with Gasteiger partial charge in [0.1, 0.15) is 10.8 Å². The second kappa shape index (κ2) is 8.22. The molecule has 1 fully saturated rings. The minimum atomic E-state index is -3.45. The fourth-order valence-electron chi connectivity index (χ4n) is 3.53. The van der Waals surface area contributed by atoms with Crippen LogP contribution in [0.3, 0.4) is 0 Å². The first-order valence-electron chi connectivity index (χ1n) is 9.52. The lowest BCUT2D eigenvalue weighted by atomic mass is 9.99. The number of ether oxygens (including phenoxy) is 1. The zero-order valence-electron chi connectivity index (χ0n) is 16.4. The monoisotopic (exact) mass is 429 g/mol. The van der Waals surface area contributed by atoms with E-state index in [4.69, 9.17) is 4.74 Å². The van der Waals surface area contributed by atoms with Crippen LogP contribution in [0.5, 0.6) is 5.75 Å². The Labute approximate surface area is 175 Å². The van der Waals surface area contributed by atoms with Crippen molar-refractivity contribution in [2.45, 2.75) is 30.6 Å². The number of piperidine rings is 1. The molecule has 6 nitrogen and oxygen atoms in total. The third-order valence-corrected chi connectivity index (χ3v) is 8.27. The van der Waals surface area contributed by atoms with Gasteiger partial charge in [-0.2, -0.15) is 4.31 Å². The fourth-order valence-corrected chi connectivity index (χ4v) is 6.04. The first-order chi connectivity index (χ1) is 14.0. The lowest BCUT2D eigenvalue weighted by Gasteiger charge is -2.30. The Hall–Kier alpha value is -2.29. The van der Waals surface area contributed by atoms with Crippen LogP contribution >= 0.6 is 11.3 Å². The summed E-state index contributed by atoms with van der Waals surface area (Å²) in [5.74, 6) is 0.995. The Morgan fingerprint density at radius 2 is 1.72 bits per heavy atom. The molecule has 2 heterocycles. The molecule has 0 saturated carbocycles. The summed E-state index contributed by atoms with van der Waals surface area (Å²) in [5.41, 5.74) is 1.97. The quantitative estimate of drug-likeness (QED) is 0.611. The third kappa shape index (κ3) is 4.05. The minimum Gasteiger partial charge on any atom is -0.496 e. The van der Waals surface area contributed by atoms with E-state index in [0.717, 1.165) is 39.7 Å². The Bertz CT molecular complexity index is 1090. The zero-order chi connectivity index (χ0) is 20.4. The summed E-state index contributed by atoms with van der Waals surface area (Å²) in [4.78, 5) is 0.357. The molecule has 0 amide bonds. The molecule has 4 rings (SSSR count). The number of sulfonamides is 1. The van der Waals surface area contributed by atoms with Gasteiger partial charge < -0.3 is 4.74 Å². The number of rotatable bonds is 5. The van der Waals surface area contributed by atoms with Crippen LogP contribution in [-0.4, -0.2) is 43.1 Å². The van der Waals surface area contributed by atoms with Crippen LogP contribution in [0.15, 0.2) is 53.4 Å². The summed E-state index contributed by atoms with van der Waals surface area (Å²) in [6.45, 7) is 2.93. The van der Waals surface area contributed by atoms with Crippen molar-refractivity contribution < 1.29 is 13.2 Å². The first kappa shape index (κ1) is 20.0. The van der Waals surface area contributed by atoms with E-state index in [2.05, 4.69) is 10.2 Å². The standard InChI is InChI=1S/C21H23N3O3S2/c1-15-7-9-17(10-8-15)29(25,26)24-13-11-16(12-14-24)20-22-23-21(28-20)18-5-3-4-6-19(18)27-2/h3-10,16H,11-14H2,1-2H3. The maximum Gasteiger partial charge on any atom is 0.243 e. The van der Waals surface area contributed by atoms with Crippen molar-refractivity contribution in [2.24, 2.45) is 0 Å². The highest BCUT2D eigenvalue weighted by atomic mass is 32.2. The van der Waals surface area contributed by atoms with Gasteiger partial charge >= 0.3 is 0 Å². The van der Waals surface area contributed by atoms with E-state index in [9.17, 15) is 8.42 Å². The van der Waals surface area contributed by atoms with Gasteiger partial charge in [-0.3, -0.25) is 0 Å². The molecular formula is C21H23N3O3S2. The normalized spacial score (nSPS) is 16.1. The molecule has 1 aliphatic heterocycles. The van der Waals surface area contributed by atoms with Crippen molar-refractivity contribution in [3.63, 3.8) is 0 Å². The maximum atomic E-state index is 12.9. The number of hydrogen-bond donors (Lipinski definition) is 0. The number of para-hydroxylation sites is 1. The molecule has 0 N–H and O–H groups in total. The average Bonchev–Trinajstić information content (AvgIpc) is 3.24. The van der Waals surface area contributed by atoms with Gasteiger partial charge in [0.25, 0.3) is 0 Å². The Morgan fingerprint density at radius 3 is 2.41 bits per heavy atom. The molecule has 2 aromatic carbocycles. The molecule has 0 aliphatic carbocycles. The van der Waals surface area contributed by atoms with Crippen LogP contribution in [0.25, 0.3) is 10.6 Å². The van der Waals surface area contributed by atoms with Crippen LogP contribution in [0.2, 0.25) is 0 Å². The van der Waals surface area contributed by atoms with Gasteiger partial charge in [0.2, 0.25) is 10.0 Å². The molecule has 0 unspecified atom stereocenters. The molecule has 0 radical (unpaired) electrons. The Morgan fingerprint density at radius 1 is 1.03 bits per heavy atom. The van der Waals surface area contributed by atoms with Crippen molar-refractivity contribution in [3.8, 4) is 16.3 Å². The van der Waals surface area contributed by atoms with Gasteiger partial charge in [-0.05, 0) is 44.0 Å². The molecule has 1 aromatic heterocycles. The van der Waals surface area contributed by atoms with Crippen molar-refractivity contribution >= 4 is 21.4 Å². The third-order valence-electron chi connectivity index (χ3n) is 5.24. The summed E-state index contributed by atoms with van der Waals surface area (Å²) in [5, 5.41) is 10.5. The van der Waals surface area contributed by atoms with Crippen molar-refractivity contribution in [3.05, 3.63) is 59.1 Å². The number of aryl methyl sites for hydroxylation is 1. The van der Waals surface area contributed by atoms with Gasteiger partial charge in [-0.25, -0.2) is 8.42 Å². The Balaban J connectivity index is 1.46. The highest BCUT2D eigenvalue weighted by Crippen LogP contribution is 2.37. The van der Waals surface area contributed by atoms with Crippen molar-refractivity contribution in [1.82, 2.24) is 14.5 Å². The van der Waals surface area contributed by atoms with Gasteiger partial charge in [0.05, 0.1) is 17.6 Å². The van der Waals surface area contributed by atoms with Gasteiger partial charge in [0, 0.05) is 19.0 Å². The zero-order valence-corrected chi connectivity index (χ0v) is 18.0. The van der Waals surface area contributed by atoms with Crippen LogP contribution < -0.4 is 4.74 Å². The van der Waals surface area contributed by atoms with Crippen LogP contribution in [0.4, 0.5) is 0 Å². The molecule has 0 bridgehead atoms.